The van der Waals surface area contributed by atoms with E-state index in [1.165, 1.54) is 16.4 Å². The number of carbonyl (C=O) groups excluding carboxylic acids is 1. The Morgan fingerprint density at radius 2 is 1.89 bits per heavy atom. The maximum atomic E-state index is 13.0. The van der Waals surface area contributed by atoms with Crippen LogP contribution in [0.15, 0.2) is 29.2 Å². The van der Waals surface area contributed by atoms with E-state index >= 15 is 0 Å². The van der Waals surface area contributed by atoms with Gasteiger partial charge in [0.05, 0.1) is 18.1 Å². The Morgan fingerprint density at radius 3 is 2.52 bits per heavy atom. The van der Waals surface area contributed by atoms with Gasteiger partial charge in [-0.05, 0) is 38.1 Å². The maximum Gasteiger partial charge on any atom is 0.359 e. The molecule has 0 aliphatic carbocycles. The van der Waals surface area contributed by atoms with Gasteiger partial charge in [-0.25, -0.2) is 13.2 Å². The predicted molar refractivity (Wildman–Crippen MR) is 98.1 cm³/mol. The molecule has 0 N–H and O–H groups in total. The Morgan fingerprint density at radius 1 is 1.19 bits per heavy atom. The normalized spacial score (nSPS) is 14.6. The molecule has 2 heterocycles. The lowest BCUT2D eigenvalue weighted by molar-refractivity contribution is 0.0516. The van der Waals surface area contributed by atoms with Crippen molar-refractivity contribution in [2.45, 2.75) is 31.7 Å². The van der Waals surface area contributed by atoms with Crippen LogP contribution < -0.4 is 4.74 Å². The number of nitrogens with zero attached hydrogens (tertiary/aromatic N) is 3. The Kier molecular flexibility index (Phi) is 5.52. The van der Waals surface area contributed by atoms with E-state index in [4.69, 9.17) is 9.47 Å². The number of carbonyl (C=O) groups is 1. The fraction of sp³-hybridized carbons (Fsp3) is 0.444. The molecule has 0 spiro atoms. The Labute approximate surface area is 158 Å². The van der Waals surface area contributed by atoms with Crippen LogP contribution >= 0.6 is 0 Å². The van der Waals surface area contributed by atoms with Gasteiger partial charge in [0.1, 0.15) is 5.75 Å². The fourth-order valence-electron chi connectivity index (χ4n) is 3.16. The number of fused-ring (bicyclic) bond motifs is 1. The lowest BCUT2D eigenvalue weighted by atomic mass is 10.1. The minimum atomic E-state index is -3.69. The van der Waals surface area contributed by atoms with Gasteiger partial charge in [-0.1, -0.05) is 0 Å². The van der Waals surface area contributed by atoms with Crippen LogP contribution in [0.3, 0.4) is 0 Å². The average molecular weight is 393 g/mol. The summed E-state index contributed by atoms with van der Waals surface area (Å²) in [6.45, 7) is 4.75. The van der Waals surface area contributed by atoms with Crippen molar-refractivity contribution in [2.24, 2.45) is 7.05 Å². The summed E-state index contributed by atoms with van der Waals surface area (Å²) < 4.78 is 39.5. The second kappa shape index (κ2) is 7.69. The minimum Gasteiger partial charge on any atom is -0.494 e. The quantitative estimate of drug-likeness (QED) is 0.695. The van der Waals surface area contributed by atoms with Crippen LogP contribution in [0.1, 0.15) is 35.6 Å². The molecule has 0 radical (unpaired) electrons. The molecule has 9 heteroatoms. The monoisotopic (exact) mass is 393 g/mol. The van der Waals surface area contributed by atoms with Gasteiger partial charge in [0, 0.05) is 37.8 Å². The first-order valence-corrected chi connectivity index (χ1v) is 10.3. The van der Waals surface area contributed by atoms with Crippen LogP contribution in [0.25, 0.3) is 0 Å². The van der Waals surface area contributed by atoms with Crippen LogP contribution in [-0.2, 0) is 34.8 Å². The average Bonchev–Trinajstić information content (AvgIpc) is 2.99. The summed E-state index contributed by atoms with van der Waals surface area (Å²) in [7, 11) is -1.95. The van der Waals surface area contributed by atoms with Crippen LogP contribution in [0.4, 0.5) is 0 Å². The molecule has 3 rings (SSSR count). The minimum absolute atomic E-state index is 0.0901. The van der Waals surface area contributed by atoms with Crippen molar-refractivity contribution < 1.29 is 22.7 Å². The molecular weight excluding hydrogens is 370 g/mol. The highest BCUT2D eigenvalue weighted by molar-refractivity contribution is 7.89. The van der Waals surface area contributed by atoms with Crippen LogP contribution in [0.2, 0.25) is 0 Å². The van der Waals surface area contributed by atoms with Crippen molar-refractivity contribution in [3.8, 4) is 5.75 Å². The molecule has 2 aromatic rings. The standard InChI is InChI=1S/C18H23N3O5S/c1-4-25-13-6-8-14(9-7-13)27(23,24)21-11-10-16-15(12-21)17(19-20(16)3)18(22)26-5-2/h6-9H,4-5,10-12H2,1-3H3. The summed E-state index contributed by atoms with van der Waals surface area (Å²) in [6, 6.07) is 6.34. The number of aryl methyl sites for hydroxylation is 1. The third kappa shape index (κ3) is 3.70. The van der Waals surface area contributed by atoms with Gasteiger partial charge < -0.3 is 9.47 Å². The first kappa shape index (κ1) is 19.4. The SMILES string of the molecule is CCOC(=O)c1nn(C)c2c1CN(S(=O)(=O)c1ccc(OCC)cc1)CC2. The highest BCUT2D eigenvalue weighted by Gasteiger charge is 2.33. The number of sulfonamides is 1. The van der Waals surface area contributed by atoms with E-state index in [9.17, 15) is 13.2 Å². The predicted octanol–water partition coefficient (Wildman–Crippen LogP) is 1.74. The molecule has 1 aliphatic rings. The van der Waals surface area contributed by atoms with Crippen molar-refractivity contribution in [1.29, 1.82) is 0 Å². The van der Waals surface area contributed by atoms with E-state index in [-0.39, 0.29) is 23.7 Å². The van der Waals surface area contributed by atoms with E-state index in [1.54, 1.807) is 30.8 Å². The van der Waals surface area contributed by atoms with E-state index in [2.05, 4.69) is 5.10 Å². The number of rotatable bonds is 6. The third-order valence-electron chi connectivity index (χ3n) is 4.45. The molecule has 0 saturated heterocycles. The Balaban J connectivity index is 1.89. The topological polar surface area (TPSA) is 90.7 Å². The van der Waals surface area contributed by atoms with E-state index in [0.717, 1.165) is 5.69 Å². The van der Waals surface area contributed by atoms with Gasteiger partial charge in [0.25, 0.3) is 0 Å². The molecule has 8 nitrogen and oxygen atoms in total. The number of ether oxygens (including phenoxy) is 2. The number of aromatic nitrogens is 2. The molecule has 0 saturated carbocycles. The smallest absolute Gasteiger partial charge is 0.359 e. The zero-order valence-corrected chi connectivity index (χ0v) is 16.5. The zero-order chi connectivity index (χ0) is 19.6. The zero-order valence-electron chi connectivity index (χ0n) is 15.6. The number of hydrogen-bond acceptors (Lipinski definition) is 6. The van der Waals surface area contributed by atoms with Gasteiger partial charge in [0.2, 0.25) is 10.0 Å². The summed E-state index contributed by atoms with van der Waals surface area (Å²) in [5.41, 5.74) is 1.65. The Bertz CT molecular complexity index is 935. The van der Waals surface area contributed by atoms with Crippen LogP contribution in [0, 0.1) is 0 Å². The lowest BCUT2D eigenvalue weighted by Crippen LogP contribution is -2.36. The summed E-state index contributed by atoms with van der Waals surface area (Å²) in [5.74, 6) is 0.0869. The molecular formula is C18H23N3O5S. The molecule has 1 aliphatic heterocycles. The molecule has 0 bridgehead atoms. The van der Waals surface area contributed by atoms with Crippen LogP contribution in [0.5, 0.6) is 5.75 Å². The van der Waals surface area contributed by atoms with E-state index in [1.807, 2.05) is 6.92 Å². The molecule has 0 amide bonds. The summed E-state index contributed by atoms with van der Waals surface area (Å²) >= 11 is 0. The highest BCUT2D eigenvalue weighted by atomic mass is 32.2. The van der Waals surface area contributed by atoms with Gasteiger partial charge in [-0.2, -0.15) is 9.40 Å². The van der Waals surface area contributed by atoms with Crippen molar-refractivity contribution in [2.75, 3.05) is 19.8 Å². The number of benzene rings is 1. The van der Waals surface area contributed by atoms with Crippen LogP contribution in [-0.4, -0.2) is 48.2 Å². The van der Waals surface area contributed by atoms with E-state index < -0.39 is 16.0 Å². The lowest BCUT2D eigenvalue weighted by Gasteiger charge is -2.26. The molecule has 146 valence electrons. The highest BCUT2D eigenvalue weighted by Crippen LogP contribution is 2.28. The maximum absolute atomic E-state index is 13.0. The number of hydrogen-bond donors (Lipinski definition) is 0. The second-order valence-corrected chi connectivity index (χ2v) is 8.05. The van der Waals surface area contributed by atoms with Crippen molar-refractivity contribution in [1.82, 2.24) is 14.1 Å². The molecule has 27 heavy (non-hydrogen) atoms. The second-order valence-electron chi connectivity index (χ2n) is 6.11. The molecule has 0 fully saturated rings. The van der Waals surface area contributed by atoms with E-state index in [0.29, 0.717) is 30.9 Å². The Hall–Kier alpha value is -2.39. The molecule has 1 aromatic heterocycles. The first-order chi connectivity index (χ1) is 12.9. The molecule has 0 unspecified atom stereocenters. The largest absolute Gasteiger partial charge is 0.494 e. The molecule has 0 atom stereocenters. The van der Waals surface area contributed by atoms with Crippen molar-refractivity contribution in [3.05, 3.63) is 41.2 Å². The fourth-order valence-corrected chi connectivity index (χ4v) is 4.57. The summed E-state index contributed by atoms with van der Waals surface area (Å²) in [4.78, 5) is 12.4. The first-order valence-electron chi connectivity index (χ1n) is 8.83. The van der Waals surface area contributed by atoms with Gasteiger partial charge in [0.15, 0.2) is 5.69 Å². The van der Waals surface area contributed by atoms with Crippen molar-refractivity contribution in [3.63, 3.8) is 0 Å². The van der Waals surface area contributed by atoms with Gasteiger partial charge in [-0.15, -0.1) is 0 Å². The number of esters is 1. The van der Waals surface area contributed by atoms with Gasteiger partial charge in [-0.3, -0.25) is 4.68 Å². The summed E-state index contributed by atoms with van der Waals surface area (Å²) in [5, 5.41) is 4.24. The summed E-state index contributed by atoms with van der Waals surface area (Å²) in [6.07, 6.45) is 0.481. The van der Waals surface area contributed by atoms with Crippen molar-refractivity contribution >= 4 is 16.0 Å². The van der Waals surface area contributed by atoms with Gasteiger partial charge >= 0.3 is 5.97 Å². The third-order valence-corrected chi connectivity index (χ3v) is 6.31. The molecule has 1 aromatic carbocycles.